The summed E-state index contributed by atoms with van der Waals surface area (Å²) in [6.45, 7) is 6.73. The molecule has 1 aliphatic rings. The van der Waals surface area contributed by atoms with Gasteiger partial charge in [0.1, 0.15) is 11.4 Å². The van der Waals surface area contributed by atoms with Gasteiger partial charge in [0.25, 0.3) is 0 Å². The minimum atomic E-state index is -0.451. The lowest BCUT2D eigenvalue weighted by atomic mass is 10.0. The summed E-state index contributed by atoms with van der Waals surface area (Å²) in [6, 6.07) is 0. The highest BCUT2D eigenvalue weighted by molar-refractivity contribution is 9.10. The highest BCUT2D eigenvalue weighted by atomic mass is 79.9. The van der Waals surface area contributed by atoms with E-state index in [2.05, 4.69) is 27.8 Å². The Balaban J connectivity index is 2.44. The summed E-state index contributed by atoms with van der Waals surface area (Å²) in [7, 11) is 0. The van der Waals surface area contributed by atoms with Gasteiger partial charge < -0.3 is 10.5 Å². The molecule has 18 heavy (non-hydrogen) atoms. The van der Waals surface area contributed by atoms with Crippen LogP contribution in [0.25, 0.3) is 0 Å². The molecule has 0 amide bonds. The van der Waals surface area contributed by atoms with E-state index in [-0.39, 0.29) is 0 Å². The molecule has 1 aliphatic carbocycles. The summed E-state index contributed by atoms with van der Waals surface area (Å²) in [5.74, 6) is 1.75. The van der Waals surface area contributed by atoms with Crippen molar-refractivity contribution in [3.05, 3.63) is 16.0 Å². The zero-order valence-electron chi connectivity index (χ0n) is 11.2. The SMILES string of the molecule is CCOC(C)(CC)c1nc(N)c(Br)c(C2CC2)n1. The average Bonchev–Trinajstić information content (AvgIpc) is 3.16. The Labute approximate surface area is 116 Å². The van der Waals surface area contributed by atoms with Crippen molar-refractivity contribution in [1.82, 2.24) is 9.97 Å². The average molecular weight is 314 g/mol. The van der Waals surface area contributed by atoms with Gasteiger partial charge in [-0.15, -0.1) is 0 Å². The maximum atomic E-state index is 5.98. The molecule has 1 heterocycles. The number of anilines is 1. The lowest BCUT2D eigenvalue weighted by Crippen LogP contribution is -2.29. The molecule has 1 aromatic heterocycles. The molecule has 0 aliphatic heterocycles. The van der Waals surface area contributed by atoms with Crippen molar-refractivity contribution in [3.8, 4) is 0 Å². The maximum absolute atomic E-state index is 5.98. The third-order valence-electron chi connectivity index (χ3n) is 3.48. The smallest absolute Gasteiger partial charge is 0.162 e. The van der Waals surface area contributed by atoms with Gasteiger partial charge in [0, 0.05) is 12.5 Å². The molecule has 5 heteroatoms. The van der Waals surface area contributed by atoms with Crippen LogP contribution in [0, 0.1) is 0 Å². The summed E-state index contributed by atoms with van der Waals surface area (Å²) in [5.41, 5.74) is 6.57. The Morgan fingerprint density at radius 2 is 2.06 bits per heavy atom. The number of aromatic nitrogens is 2. The topological polar surface area (TPSA) is 61.0 Å². The molecule has 1 saturated carbocycles. The molecule has 0 saturated heterocycles. The molecule has 0 radical (unpaired) electrons. The second-order valence-corrected chi connectivity index (χ2v) is 5.72. The van der Waals surface area contributed by atoms with Crippen molar-refractivity contribution >= 4 is 21.7 Å². The monoisotopic (exact) mass is 313 g/mol. The van der Waals surface area contributed by atoms with E-state index >= 15 is 0 Å². The molecule has 0 spiro atoms. The first-order chi connectivity index (χ1) is 8.51. The third kappa shape index (κ3) is 2.52. The number of nitrogens with zero attached hydrogens (tertiary/aromatic N) is 2. The van der Waals surface area contributed by atoms with Crippen LogP contribution in [0.1, 0.15) is 57.5 Å². The van der Waals surface area contributed by atoms with Gasteiger partial charge in [-0.2, -0.15) is 0 Å². The number of halogens is 1. The zero-order valence-corrected chi connectivity index (χ0v) is 12.7. The Bertz CT molecular complexity index is 448. The Kier molecular flexibility index (Phi) is 3.92. The number of nitrogens with two attached hydrogens (primary N) is 1. The third-order valence-corrected chi connectivity index (χ3v) is 4.29. The van der Waals surface area contributed by atoms with Gasteiger partial charge >= 0.3 is 0 Å². The molecular weight excluding hydrogens is 294 g/mol. The highest BCUT2D eigenvalue weighted by Crippen LogP contribution is 2.44. The molecular formula is C13H20BrN3O. The van der Waals surface area contributed by atoms with E-state index in [1.54, 1.807) is 0 Å². The van der Waals surface area contributed by atoms with Crippen LogP contribution in [0.2, 0.25) is 0 Å². The van der Waals surface area contributed by atoms with Gasteiger partial charge in [0.15, 0.2) is 5.82 Å². The van der Waals surface area contributed by atoms with Crippen LogP contribution in [0.4, 0.5) is 5.82 Å². The molecule has 1 atom stereocenters. The van der Waals surface area contributed by atoms with Gasteiger partial charge in [-0.05, 0) is 49.0 Å². The number of nitrogen functional groups attached to an aromatic ring is 1. The molecule has 2 N–H and O–H groups in total. The van der Waals surface area contributed by atoms with Crippen LogP contribution < -0.4 is 5.73 Å². The summed E-state index contributed by atoms with van der Waals surface area (Å²) in [5, 5.41) is 0. The minimum absolute atomic E-state index is 0.451. The molecule has 1 aromatic rings. The standard InChI is InChI=1S/C13H20BrN3O/c1-4-13(3,18-5-2)12-16-10(8-6-7-8)9(14)11(15)17-12/h8H,4-7H2,1-3H3,(H2,15,16,17). The fourth-order valence-corrected chi connectivity index (χ4v) is 2.49. The highest BCUT2D eigenvalue weighted by Gasteiger charge is 2.34. The first kappa shape index (κ1) is 13.7. The minimum Gasteiger partial charge on any atom is -0.383 e. The van der Waals surface area contributed by atoms with Crippen LogP contribution in [-0.2, 0) is 10.3 Å². The number of hydrogen-bond acceptors (Lipinski definition) is 4. The van der Waals surface area contributed by atoms with Crippen molar-refractivity contribution in [2.75, 3.05) is 12.3 Å². The van der Waals surface area contributed by atoms with E-state index in [1.807, 2.05) is 13.8 Å². The number of ether oxygens (including phenoxy) is 1. The van der Waals surface area contributed by atoms with Crippen molar-refractivity contribution < 1.29 is 4.74 Å². The van der Waals surface area contributed by atoms with E-state index < -0.39 is 5.60 Å². The molecule has 4 nitrogen and oxygen atoms in total. The maximum Gasteiger partial charge on any atom is 0.162 e. The predicted molar refractivity (Wildman–Crippen MR) is 75.4 cm³/mol. The van der Waals surface area contributed by atoms with Gasteiger partial charge in [-0.3, -0.25) is 0 Å². The number of rotatable bonds is 5. The van der Waals surface area contributed by atoms with Crippen molar-refractivity contribution in [2.24, 2.45) is 0 Å². The number of hydrogen-bond donors (Lipinski definition) is 1. The van der Waals surface area contributed by atoms with E-state index in [0.29, 0.717) is 24.2 Å². The van der Waals surface area contributed by atoms with E-state index in [9.17, 15) is 0 Å². The largest absolute Gasteiger partial charge is 0.383 e. The molecule has 1 fully saturated rings. The quantitative estimate of drug-likeness (QED) is 0.905. The molecule has 2 rings (SSSR count). The van der Waals surface area contributed by atoms with Crippen LogP contribution in [0.15, 0.2) is 4.47 Å². The normalized spacial score (nSPS) is 18.7. The molecule has 0 bridgehead atoms. The summed E-state index contributed by atoms with van der Waals surface area (Å²) >= 11 is 3.49. The van der Waals surface area contributed by atoms with E-state index in [4.69, 9.17) is 15.5 Å². The fourth-order valence-electron chi connectivity index (χ4n) is 1.99. The molecule has 100 valence electrons. The van der Waals surface area contributed by atoms with E-state index in [1.165, 1.54) is 12.8 Å². The first-order valence-electron chi connectivity index (χ1n) is 6.49. The second-order valence-electron chi connectivity index (χ2n) is 4.92. The van der Waals surface area contributed by atoms with Crippen LogP contribution in [0.3, 0.4) is 0 Å². The van der Waals surface area contributed by atoms with Crippen molar-refractivity contribution in [3.63, 3.8) is 0 Å². The lowest BCUT2D eigenvalue weighted by molar-refractivity contribution is -0.0391. The Morgan fingerprint density at radius 1 is 1.39 bits per heavy atom. The molecule has 1 unspecified atom stereocenters. The van der Waals surface area contributed by atoms with Crippen molar-refractivity contribution in [2.45, 2.75) is 51.6 Å². The summed E-state index contributed by atoms with van der Waals surface area (Å²) in [4.78, 5) is 9.09. The predicted octanol–water partition coefficient (Wildman–Crippen LogP) is 3.36. The van der Waals surface area contributed by atoms with Crippen LogP contribution in [-0.4, -0.2) is 16.6 Å². The van der Waals surface area contributed by atoms with Gasteiger partial charge in [0.2, 0.25) is 0 Å². The Hall–Kier alpha value is -0.680. The van der Waals surface area contributed by atoms with Crippen LogP contribution in [0.5, 0.6) is 0 Å². The fraction of sp³-hybridized carbons (Fsp3) is 0.692. The van der Waals surface area contributed by atoms with Gasteiger partial charge in [-0.25, -0.2) is 9.97 Å². The summed E-state index contributed by atoms with van der Waals surface area (Å²) in [6.07, 6.45) is 3.20. The van der Waals surface area contributed by atoms with E-state index in [0.717, 1.165) is 16.6 Å². The van der Waals surface area contributed by atoms with Crippen molar-refractivity contribution in [1.29, 1.82) is 0 Å². The van der Waals surface area contributed by atoms with Crippen LogP contribution >= 0.6 is 15.9 Å². The first-order valence-corrected chi connectivity index (χ1v) is 7.28. The van der Waals surface area contributed by atoms with Gasteiger partial charge in [-0.1, -0.05) is 6.92 Å². The second kappa shape index (κ2) is 5.13. The zero-order chi connectivity index (χ0) is 13.3. The van der Waals surface area contributed by atoms with Gasteiger partial charge in [0.05, 0.1) is 10.2 Å². The Morgan fingerprint density at radius 3 is 2.56 bits per heavy atom. The lowest BCUT2D eigenvalue weighted by Gasteiger charge is -2.27. The molecule has 0 aromatic carbocycles. The summed E-state index contributed by atoms with van der Waals surface area (Å²) < 4.78 is 6.67.